The minimum Gasteiger partial charge on any atom is -0.477 e. The number of ether oxygens (including phenoxy) is 1. The van der Waals surface area contributed by atoms with Crippen LogP contribution in [-0.2, 0) is 0 Å². The predicted molar refractivity (Wildman–Crippen MR) is 92.2 cm³/mol. The molecule has 1 amide bonds. The Morgan fingerprint density at radius 1 is 1.44 bits per heavy atom. The molecule has 0 aromatic carbocycles. The van der Waals surface area contributed by atoms with Gasteiger partial charge in [-0.05, 0) is 39.2 Å². The molecule has 25 heavy (non-hydrogen) atoms. The number of aromatic nitrogens is 2. The van der Waals surface area contributed by atoms with Crippen molar-refractivity contribution in [3.63, 3.8) is 0 Å². The highest BCUT2D eigenvalue weighted by Gasteiger charge is 2.22. The molecule has 1 aliphatic carbocycles. The van der Waals surface area contributed by atoms with Crippen molar-refractivity contribution < 1.29 is 19.4 Å². The molecule has 2 heterocycles. The number of pyridine rings is 1. The van der Waals surface area contributed by atoms with Gasteiger partial charge < -0.3 is 15.2 Å². The smallest absolute Gasteiger partial charge is 0.347 e. The van der Waals surface area contributed by atoms with E-state index < -0.39 is 12.0 Å². The van der Waals surface area contributed by atoms with Crippen LogP contribution in [-0.4, -0.2) is 33.1 Å². The molecule has 0 saturated heterocycles. The van der Waals surface area contributed by atoms with E-state index in [1.165, 1.54) is 0 Å². The summed E-state index contributed by atoms with van der Waals surface area (Å²) in [5.74, 6) is -0.840. The topological polar surface area (TPSA) is 101 Å². The summed E-state index contributed by atoms with van der Waals surface area (Å²) in [6.07, 6.45) is 4.93. The van der Waals surface area contributed by atoms with E-state index in [1.54, 1.807) is 32.2 Å². The van der Waals surface area contributed by atoms with E-state index in [0.717, 1.165) is 30.6 Å². The van der Waals surface area contributed by atoms with Gasteiger partial charge in [0, 0.05) is 17.8 Å². The van der Waals surface area contributed by atoms with Crippen LogP contribution in [0.25, 0.3) is 0 Å². The van der Waals surface area contributed by atoms with Crippen molar-refractivity contribution in [1.82, 2.24) is 15.3 Å². The van der Waals surface area contributed by atoms with Crippen molar-refractivity contribution in [2.24, 2.45) is 0 Å². The van der Waals surface area contributed by atoms with Crippen molar-refractivity contribution in [2.75, 3.05) is 0 Å². The van der Waals surface area contributed by atoms with Crippen LogP contribution in [0.1, 0.15) is 63.0 Å². The quantitative estimate of drug-likeness (QED) is 0.820. The fourth-order valence-electron chi connectivity index (χ4n) is 2.42. The summed E-state index contributed by atoms with van der Waals surface area (Å²) < 4.78 is 5.71. The first kappa shape index (κ1) is 17.3. The summed E-state index contributed by atoms with van der Waals surface area (Å²) in [5, 5.41) is 12.5. The number of carboxylic acid groups (broad SMARTS) is 1. The standard InChI is InChI=1S/C17H19N3O4S/c1-9-14(17(22)23)25-16(20-9)10(2)19-15(21)11-6-7-18-13(8-11)24-12-4-3-5-12/h6-8,10,12H,3-5H2,1-2H3,(H,19,21)(H,22,23). The SMILES string of the molecule is Cc1nc(C(C)NC(=O)c2ccnc(OC3CCC3)c2)sc1C(=O)O. The van der Waals surface area contributed by atoms with Crippen molar-refractivity contribution in [3.8, 4) is 5.88 Å². The lowest BCUT2D eigenvalue weighted by molar-refractivity contribution is 0.0700. The number of carbonyl (C=O) groups is 2. The van der Waals surface area contributed by atoms with Gasteiger partial charge in [0.05, 0.1) is 11.7 Å². The highest BCUT2D eigenvalue weighted by Crippen LogP contribution is 2.25. The third kappa shape index (κ3) is 3.96. The molecule has 1 atom stereocenters. The van der Waals surface area contributed by atoms with E-state index in [2.05, 4.69) is 15.3 Å². The Bertz CT molecular complexity index is 801. The average Bonchev–Trinajstić information content (AvgIpc) is 2.93. The molecule has 8 heteroatoms. The fraction of sp³-hybridized carbons (Fsp3) is 0.412. The van der Waals surface area contributed by atoms with Crippen LogP contribution in [0.2, 0.25) is 0 Å². The van der Waals surface area contributed by atoms with Gasteiger partial charge in [0.2, 0.25) is 5.88 Å². The van der Waals surface area contributed by atoms with Crippen molar-refractivity contribution >= 4 is 23.2 Å². The molecular weight excluding hydrogens is 342 g/mol. The van der Waals surface area contributed by atoms with Crippen molar-refractivity contribution in [1.29, 1.82) is 0 Å². The van der Waals surface area contributed by atoms with Crippen LogP contribution in [0.15, 0.2) is 18.3 Å². The molecule has 1 fully saturated rings. The number of hydrogen-bond donors (Lipinski definition) is 2. The van der Waals surface area contributed by atoms with Crippen LogP contribution < -0.4 is 10.1 Å². The lowest BCUT2D eigenvalue weighted by atomic mass is 9.96. The van der Waals surface area contributed by atoms with Gasteiger partial charge >= 0.3 is 5.97 Å². The molecule has 0 radical (unpaired) electrons. The highest BCUT2D eigenvalue weighted by atomic mass is 32.1. The van der Waals surface area contributed by atoms with Crippen LogP contribution in [0, 0.1) is 6.92 Å². The lowest BCUT2D eigenvalue weighted by Crippen LogP contribution is -2.27. The number of aromatic carboxylic acids is 1. The number of carbonyl (C=O) groups excluding carboxylic acids is 1. The van der Waals surface area contributed by atoms with E-state index in [-0.39, 0.29) is 16.9 Å². The second-order valence-corrected chi connectivity index (χ2v) is 7.05. The maximum absolute atomic E-state index is 12.4. The van der Waals surface area contributed by atoms with Crippen LogP contribution >= 0.6 is 11.3 Å². The van der Waals surface area contributed by atoms with E-state index in [9.17, 15) is 9.59 Å². The van der Waals surface area contributed by atoms with Gasteiger partial charge in [-0.1, -0.05) is 0 Å². The summed E-state index contributed by atoms with van der Waals surface area (Å²) >= 11 is 1.07. The number of amides is 1. The molecular formula is C17H19N3O4S. The lowest BCUT2D eigenvalue weighted by Gasteiger charge is -2.25. The molecule has 1 unspecified atom stereocenters. The largest absolute Gasteiger partial charge is 0.477 e. The van der Waals surface area contributed by atoms with Gasteiger partial charge in [-0.25, -0.2) is 14.8 Å². The Morgan fingerprint density at radius 2 is 2.20 bits per heavy atom. The van der Waals surface area contributed by atoms with Gasteiger partial charge in [0.1, 0.15) is 16.0 Å². The Labute approximate surface area is 149 Å². The highest BCUT2D eigenvalue weighted by molar-refractivity contribution is 7.13. The minimum absolute atomic E-state index is 0.191. The third-order valence-electron chi connectivity index (χ3n) is 4.06. The molecule has 0 bridgehead atoms. The van der Waals surface area contributed by atoms with E-state index in [0.29, 0.717) is 22.1 Å². The molecule has 2 aromatic heterocycles. The molecule has 132 valence electrons. The summed E-state index contributed by atoms with van der Waals surface area (Å²) in [7, 11) is 0. The number of thiazole rings is 1. The maximum atomic E-state index is 12.4. The first-order chi connectivity index (χ1) is 11.9. The number of nitrogens with zero attached hydrogens (tertiary/aromatic N) is 2. The first-order valence-corrected chi connectivity index (χ1v) is 8.90. The van der Waals surface area contributed by atoms with Gasteiger partial charge in [0.25, 0.3) is 5.91 Å². The van der Waals surface area contributed by atoms with Crippen LogP contribution in [0.4, 0.5) is 0 Å². The molecule has 7 nitrogen and oxygen atoms in total. The molecule has 2 aromatic rings. The van der Waals surface area contributed by atoms with Crippen LogP contribution in [0.3, 0.4) is 0 Å². The zero-order chi connectivity index (χ0) is 18.0. The van der Waals surface area contributed by atoms with Crippen molar-refractivity contribution in [3.05, 3.63) is 39.5 Å². The molecule has 3 rings (SSSR count). The molecule has 1 saturated carbocycles. The monoisotopic (exact) mass is 361 g/mol. The zero-order valence-electron chi connectivity index (χ0n) is 14.0. The van der Waals surface area contributed by atoms with Crippen LogP contribution in [0.5, 0.6) is 5.88 Å². The number of rotatable bonds is 6. The summed E-state index contributed by atoms with van der Waals surface area (Å²) in [6, 6.07) is 2.84. The third-order valence-corrected chi connectivity index (χ3v) is 5.39. The normalized spacial score (nSPS) is 15.3. The molecule has 0 aliphatic heterocycles. The van der Waals surface area contributed by atoms with E-state index >= 15 is 0 Å². The maximum Gasteiger partial charge on any atom is 0.347 e. The first-order valence-electron chi connectivity index (χ1n) is 8.08. The Morgan fingerprint density at radius 3 is 2.80 bits per heavy atom. The summed E-state index contributed by atoms with van der Waals surface area (Å²) in [5.41, 5.74) is 0.900. The predicted octanol–water partition coefficient (Wildman–Crippen LogP) is 2.97. The number of carboxylic acids is 1. The molecule has 0 spiro atoms. The minimum atomic E-state index is -1.01. The van der Waals surface area contributed by atoms with Gasteiger partial charge in [0.15, 0.2) is 0 Å². The van der Waals surface area contributed by atoms with E-state index in [4.69, 9.17) is 9.84 Å². The van der Waals surface area contributed by atoms with E-state index in [1.807, 2.05) is 0 Å². The summed E-state index contributed by atoms with van der Waals surface area (Å²) in [6.45, 7) is 3.42. The average molecular weight is 361 g/mol. The Hall–Kier alpha value is -2.48. The zero-order valence-corrected chi connectivity index (χ0v) is 14.8. The molecule has 1 aliphatic rings. The van der Waals surface area contributed by atoms with Gasteiger partial charge in [-0.15, -0.1) is 11.3 Å². The molecule has 2 N–H and O–H groups in total. The second-order valence-electron chi connectivity index (χ2n) is 6.02. The fourth-order valence-corrected chi connectivity index (χ4v) is 3.33. The number of hydrogen-bond acceptors (Lipinski definition) is 6. The Balaban J connectivity index is 1.67. The van der Waals surface area contributed by atoms with Gasteiger partial charge in [-0.3, -0.25) is 4.79 Å². The van der Waals surface area contributed by atoms with Crippen molar-refractivity contribution in [2.45, 2.75) is 45.3 Å². The Kier molecular flexibility index (Phi) is 4.98. The summed E-state index contributed by atoms with van der Waals surface area (Å²) in [4.78, 5) is 32.1. The van der Waals surface area contributed by atoms with Gasteiger partial charge in [-0.2, -0.15) is 0 Å². The number of nitrogens with one attached hydrogen (secondary N) is 1. The second kappa shape index (κ2) is 7.18. The number of aryl methyl sites for hydroxylation is 1.